The molecule has 1 saturated carbocycles. The summed E-state index contributed by atoms with van der Waals surface area (Å²) >= 11 is 5.83. The standard InChI is InChI=1S/C20H29ClN2O2/c1-3-4-13-23(18(24)14-21)19(16-11-9-15(2)10-12-16)20(25)22-17-7-5-6-8-17/h9-12,17,19H,3-8,13-14H2,1-2H3,(H,22,25)/t19-/m0/s1. The molecule has 1 aromatic rings. The summed E-state index contributed by atoms with van der Waals surface area (Å²) in [7, 11) is 0. The first-order valence-corrected chi connectivity index (χ1v) is 9.82. The van der Waals surface area contributed by atoms with Gasteiger partial charge in [0.25, 0.3) is 0 Å². The van der Waals surface area contributed by atoms with Crippen molar-refractivity contribution >= 4 is 23.4 Å². The summed E-state index contributed by atoms with van der Waals surface area (Å²) in [6.07, 6.45) is 6.15. The van der Waals surface area contributed by atoms with Gasteiger partial charge in [-0.1, -0.05) is 56.0 Å². The highest BCUT2D eigenvalue weighted by Gasteiger charge is 2.32. The summed E-state index contributed by atoms with van der Waals surface area (Å²) in [5, 5.41) is 3.15. The Morgan fingerprint density at radius 3 is 2.44 bits per heavy atom. The lowest BCUT2D eigenvalue weighted by molar-refractivity contribution is -0.139. The van der Waals surface area contributed by atoms with E-state index in [-0.39, 0.29) is 23.7 Å². The van der Waals surface area contributed by atoms with E-state index in [0.29, 0.717) is 6.54 Å². The number of carbonyl (C=O) groups excluding carboxylic acids is 2. The number of benzene rings is 1. The van der Waals surface area contributed by atoms with Gasteiger partial charge in [0, 0.05) is 12.6 Å². The molecule has 1 aliphatic carbocycles. The normalized spacial score (nSPS) is 15.8. The zero-order valence-electron chi connectivity index (χ0n) is 15.3. The first kappa shape index (κ1) is 19.8. The molecule has 138 valence electrons. The molecule has 1 atom stereocenters. The van der Waals surface area contributed by atoms with E-state index in [1.807, 2.05) is 31.2 Å². The Hall–Kier alpha value is -1.55. The van der Waals surface area contributed by atoms with Crippen LogP contribution in [0.3, 0.4) is 0 Å². The molecule has 0 aromatic heterocycles. The number of alkyl halides is 1. The van der Waals surface area contributed by atoms with E-state index in [9.17, 15) is 9.59 Å². The number of unbranched alkanes of at least 4 members (excludes halogenated alkanes) is 1. The molecule has 1 N–H and O–H groups in total. The van der Waals surface area contributed by atoms with Crippen LogP contribution in [0.1, 0.15) is 62.6 Å². The molecule has 0 radical (unpaired) electrons. The van der Waals surface area contributed by atoms with Gasteiger partial charge in [-0.25, -0.2) is 0 Å². The van der Waals surface area contributed by atoms with Crippen LogP contribution < -0.4 is 5.32 Å². The smallest absolute Gasteiger partial charge is 0.247 e. The molecule has 1 fully saturated rings. The van der Waals surface area contributed by atoms with Crippen molar-refractivity contribution in [2.24, 2.45) is 0 Å². The predicted molar refractivity (Wildman–Crippen MR) is 102 cm³/mol. The number of hydrogen-bond donors (Lipinski definition) is 1. The van der Waals surface area contributed by atoms with E-state index in [1.165, 1.54) is 0 Å². The summed E-state index contributed by atoms with van der Waals surface area (Å²) in [5.41, 5.74) is 1.97. The highest BCUT2D eigenvalue weighted by atomic mass is 35.5. The predicted octanol–water partition coefficient (Wildman–Crippen LogP) is 3.96. The number of hydrogen-bond acceptors (Lipinski definition) is 2. The van der Waals surface area contributed by atoms with E-state index in [2.05, 4.69) is 12.2 Å². The van der Waals surface area contributed by atoms with E-state index in [1.54, 1.807) is 4.90 Å². The van der Waals surface area contributed by atoms with Crippen molar-refractivity contribution in [2.45, 2.75) is 64.5 Å². The summed E-state index contributed by atoms with van der Waals surface area (Å²) in [5.74, 6) is -0.393. The van der Waals surface area contributed by atoms with Crippen LogP contribution >= 0.6 is 11.6 Å². The molecular weight excluding hydrogens is 336 g/mol. The summed E-state index contributed by atoms with van der Waals surface area (Å²) in [4.78, 5) is 27.2. The molecule has 0 unspecified atom stereocenters. The van der Waals surface area contributed by atoms with Crippen molar-refractivity contribution in [3.05, 3.63) is 35.4 Å². The average molecular weight is 365 g/mol. The Balaban J connectivity index is 2.29. The van der Waals surface area contributed by atoms with Crippen molar-refractivity contribution in [1.29, 1.82) is 0 Å². The van der Waals surface area contributed by atoms with Crippen molar-refractivity contribution in [1.82, 2.24) is 10.2 Å². The Morgan fingerprint density at radius 1 is 1.24 bits per heavy atom. The van der Waals surface area contributed by atoms with Crippen LogP contribution in [0.25, 0.3) is 0 Å². The van der Waals surface area contributed by atoms with Gasteiger partial charge in [-0.05, 0) is 31.7 Å². The maximum Gasteiger partial charge on any atom is 0.247 e. The second-order valence-corrected chi connectivity index (χ2v) is 7.14. The van der Waals surface area contributed by atoms with Crippen LogP contribution in [0, 0.1) is 6.92 Å². The van der Waals surface area contributed by atoms with Crippen molar-refractivity contribution in [3.63, 3.8) is 0 Å². The van der Waals surface area contributed by atoms with Gasteiger partial charge in [-0.2, -0.15) is 0 Å². The van der Waals surface area contributed by atoms with E-state index in [4.69, 9.17) is 11.6 Å². The fraction of sp³-hybridized carbons (Fsp3) is 0.600. The minimum atomic E-state index is -0.612. The Bertz CT molecular complexity index is 568. The third-order valence-electron chi connectivity index (χ3n) is 4.84. The Morgan fingerprint density at radius 2 is 1.88 bits per heavy atom. The third kappa shape index (κ3) is 5.46. The number of amides is 2. The first-order chi connectivity index (χ1) is 12.1. The van der Waals surface area contributed by atoms with Gasteiger partial charge >= 0.3 is 0 Å². The lowest BCUT2D eigenvalue weighted by Gasteiger charge is -2.32. The summed E-state index contributed by atoms with van der Waals surface area (Å²) in [6.45, 7) is 4.62. The third-order valence-corrected chi connectivity index (χ3v) is 5.07. The monoisotopic (exact) mass is 364 g/mol. The molecule has 0 aliphatic heterocycles. The van der Waals surface area contributed by atoms with Gasteiger partial charge in [0.1, 0.15) is 11.9 Å². The summed E-state index contributed by atoms with van der Waals surface area (Å²) in [6, 6.07) is 7.45. The molecule has 4 nitrogen and oxygen atoms in total. The second-order valence-electron chi connectivity index (χ2n) is 6.88. The van der Waals surface area contributed by atoms with Gasteiger partial charge in [0.15, 0.2) is 0 Å². The van der Waals surface area contributed by atoms with Crippen LogP contribution in [0.5, 0.6) is 0 Å². The second kappa shape index (κ2) is 9.81. The minimum absolute atomic E-state index is 0.0923. The molecule has 0 heterocycles. The van der Waals surface area contributed by atoms with Gasteiger partial charge in [-0.3, -0.25) is 9.59 Å². The van der Waals surface area contributed by atoms with E-state index < -0.39 is 6.04 Å². The number of halogens is 1. The highest BCUT2D eigenvalue weighted by molar-refractivity contribution is 6.27. The highest BCUT2D eigenvalue weighted by Crippen LogP contribution is 2.25. The lowest BCUT2D eigenvalue weighted by Crippen LogP contribution is -2.46. The van der Waals surface area contributed by atoms with Crippen LogP contribution in [0.15, 0.2) is 24.3 Å². The molecular formula is C20H29ClN2O2. The first-order valence-electron chi connectivity index (χ1n) is 9.29. The largest absolute Gasteiger partial charge is 0.351 e. The van der Waals surface area contributed by atoms with Crippen LogP contribution in [-0.2, 0) is 9.59 Å². The van der Waals surface area contributed by atoms with Crippen molar-refractivity contribution in [3.8, 4) is 0 Å². The molecule has 25 heavy (non-hydrogen) atoms. The maximum absolute atomic E-state index is 13.1. The van der Waals surface area contributed by atoms with Crippen LogP contribution in [0.2, 0.25) is 0 Å². The molecule has 0 saturated heterocycles. The molecule has 5 heteroatoms. The van der Waals surface area contributed by atoms with Crippen molar-refractivity contribution in [2.75, 3.05) is 12.4 Å². The lowest BCUT2D eigenvalue weighted by atomic mass is 10.0. The number of aryl methyl sites for hydroxylation is 1. The quantitative estimate of drug-likeness (QED) is 0.710. The summed E-state index contributed by atoms with van der Waals surface area (Å²) < 4.78 is 0. The zero-order chi connectivity index (χ0) is 18.2. The topological polar surface area (TPSA) is 49.4 Å². The molecule has 1 aromatic carbocycles. The van der Waals surface area contributed by atoms with Gasteiger partial charge < -0.3 is 10.2 Å². The maximum atomic E-state index is 13.1. The van der Waals surface area contributed by atoms with Crippen LogP contribution in [-0.4, -0.2) is 35.2 Å². The number of carbonyl (C=O) groups is 2. The molecule has 1 aliphatic rings. The molecule has 2 amide bonds. The molecule has 2 rings (SSSR count). The fourth-order valence-electron chi connectivity index (χ4n) is 3.37. The molecule has 0 bridgehead atoms. The average Bonchev–Trinajstić information content (AvgIpc) is 3.12. The van der Waals surface area contributed by atoms with E-state index >= 15 is 0 Å². The van der Waals surface area contributed by atoms with Gasteiger partial charge in [0.05, 0.1) is 0 Å². The number of nitrogens with zero attached hydrogens (tertiary/aromatic N) is 1. The Labute approximate surface area is 155 Å². The van der Waals surface area contributed by atoms with E-state index in [0.717, 1.165) is 49.7 Å². The zero-order valence-corrected chi connectivity index (χ0v) is 16.0. The number of rotatable bonds is 8. The molecule has 0 spiro atoms. The Kier molecular flexibility index (Phi) is 7.76. The van der Waals surface area contributed by atoms with Crippen LogP contribution in [0.4, 0.5) is 0 Å². The van der Waals surface area contributed by atoms with Crippen molar-refractivity contribution < 1.29 is 9.59 Å². The van der Waals surface area contributed by atoms with Gasteiger partial charge in [-0.15, -0.1) is 11.6 Å². The minimum Gasteiger partial charge on any atom is -0.351 e. The SMILES string of the molecule is CCCCN(C(=O)CCl)[C@H](C(=O)NC1CCCC1)c1ccc(C)cc1. The van der Waals surface area contributed by atoms with Gasteiger partial charge in [0.2, 0.25) is 11.8 Å². The number of nitrogens with one attached hydrogen (secondary N) is 1. The fourth-order valence-corrected chi connectivity index (χ4v) is 3.53.